The van der Waals surface area contributed by atoms with Crippen molar-refractivity contribution in [1.82, 2.24) is 0 Å². The zero-order valence-corrected chi connectivity index (χ0v) is 15.4. The molecule has 0 amide bonds. The van der Waals surface area contributed by atoms with Crippen LogP contribution in [0, 0.1) is 35.0 Å². The van der Waals surface area contributed by atoms with Crippen molar-refractivity contribution < 1.29 is 14.6 Å². The van der Waals surface area contributed by atoms with E-state index in [0.29, 0.717) is 24.2 Å². The second-order valence-corrected chi connectivity index (χ2v) is 9.61. The van der Waals surface area contributed by atoms with Crippen LogP contribution in [0.1, 0.15) is 71.1 Å². The van der Waals surface area contributed by atoms with Crippen molar-refractivity contribution in [1.29, 1.82) is 0 Å². The molecule has 0 heterocycles. The van der Waals surface area contributed by atoms with Gasteiger partial charge in [-0.15, -0.1) is 0 Å². The summed E-state index contributed by atoms with van der Waals surface area (Å²) in [6.45, 7) is 2.76. The molecule has 3 nitrogen and oxygen atoms in total. The molecular formula is C21H34O3. The van der Waals surface area contributed by atoms with Gasteiger partial charge in [0.25, 0.3) is 0 Å². The monoisotopic (exact) mass is 334 g/mol. The summed E-state index contributed by atoms with van der Waals surface area (Å²) in [5.74, 6) is 4.21. The SMILES string of the molecule is COCC1(O)CCC2C(CCC3C2CCC2(C)C(=O)CCCC32)C1. The number of ketones is 1. The third kappa shape index (κ3) is 2.58. The molecule has 3 heteroatoms. The highest BCUT2D eigenvalue weighted by atomic mass is 16.5. The summed E-state index contributed by atoms with van der Waals surface area (Å²) in [5.41, 5.74) is -0.607. The van der Waals surface area contributed by atoms with Gasteiger partial charge in [-0.05, 0) is 87.4 Å². The summed E-state index contributed by atoms with van der Waals surface area (Å²) < 4.78 is 5.28. The Hall–Kier alpha value is -0.410. The number of carbonyl (C=O) groups is 1. The van der Waals surface area contributed by atoms with Crippen LogP contribution >= 0.6 is 0 Å². The topological polar surface area (TPSA) is 46.5 Å². The number of aliphatic hydroxyl groups is 1. The molecule has 7 atom stereocenters. The largest absolute Gasteiger partial charge is 0.387 e. The van der Waals surface area contributed by atoms with Crippen molar-refractivity contribution in [2.24, 2.45) is 35.0 Å². The molecule has 0 radical (unpaired) electrons. The number of methoxy groups -OCH3 is 1. The lowest BCUT2D eigenvalue weighted by atomic mass is 9.46. The standard InChI is InChI=1S/C21H34O3/c1-20-10-8-16-15-9-11-21(23,13-24-2)12-14(15)6-7-17(16)18(20)4-3-5-19(20)22/h14-18,23H,3-13H2,1-2H3. The van der Waals surface area contributed by atoms with Crippen LogP contribution in [-0.2, 0) is 9.53 Å². The van der Waals surface area contributed by atoms with Crippen molar-refractivity contribution in [3.05, 3.63) is 0 Å². The quantitative estimate of drug-likeness (QED) is 0.831. The zero-order chi connectivity index (χ0) is 16.9. The van der Waals surface area contributed by atoms with E-state index in [1.807, 2.05) is 0 Å². The Morgan fingerprint density at radius 1 is 1.08 bits per heavy atom. The number of Topliss-reactive ketones (excluding diaryl/α,β-unsaturated/α-hetero) is 1. The van der Waals surface area contributed by atoms with Gasteiger partial charge in [0.2, 0.25) is 0 Å². The number of hydrogen-bond acceptors (Lipinski definition) is 3. The number of hydrogen-bond donors (Lipinski definition) is 1. The van der Waals surface area contributed by atoms with Crippen LogP contribution in [0.25, 0.3) is 0 Å². The molecule has 4 aliphatic carbocycles. The molecule has 0 aromatic carbocycles. The Balaban J connectivity index is 1.52. The van der Waals surface area contributed by atoms with Gasteiger partial charge < -0.3 is 9.84 Å². The fourth-order valence-electron chi connectivity index (χ4n) is 7.33. The summed E-state index contributed by atoms with van der Waals surface area (Å²) in [6, 6.07) is 0. The predicted octanol–water partition coefficient (Wildman–Crippen LogP) is 3.98. The average Bonchev–Trinajstić information content (AvgIpc) is 2.55. The maximum atomic E-state index is 12.6. The van der Waals surface area contributed by atoms with Crippen molar-refractivity contribution in [2.45, 2.75) is 76.7 Å². The molecule has 0 aromatic rings. The van der Waals surface area contributed by atoms with E-state index in [-0.39, 0.29) is 5.41 Å². The van der Waals surface area contributed by atoms with Crippen molar-refractivity contribution in [3.8, 4) is 0 Å². The van der Waals surface area contributed by atoms with E-state index >= 15 is 0 Å². The van der Waals surface area contributed by atoms with Crippen LogP contribution in [-0.4, -0.2) is 30.2 Å². The molecule has 7 unspecified atom stereocenters. The lowest BCUT2D eigenvalue weighted by molar-refractivity contribution is -0.152. The second-order valence-electron chi connectivity index (χ2n) is 9.61. The molecule has 0 bridgehead atoms. The number of rotatable bonds is 2. The normalized spacial score (nSPS) is 51.5. The summed E-state index contributed by atoms with van der Waals surface area (Å²) in [5, 5.41) is 10.8. The fourth-order valence-corrected chi connectivity index (χ4v) is 7.33. The molecule has 4 rings (SSSR count). The molecule has 4 aliphatic rings. The van der Waals surface area contributed by atoms with E-state index in [2.05, 4.69) is 6.92 Å². The number of carbonyl (C=O) groups excluding carboxylic acids is 1. The third-order valence-corrected chi connectivity index (χ3v) is 8.46. The first kappa shape index (κ1) is 17.0. The Bertz CT molecular complexity index is 503. The molecule has 24 heavy (non-hydrogen) atoms. The van der Waals surface area contributed by atoms with Gasteiger partial charge in [-0.25, -0.2) is 0 Å². The van der Waals surface area contributed by atoms with Crippen molar-refractivity contribution >= 4 is 5.78 Å². The number of ether oxygens (including phenoxy) is 1. The van der Waals surface area contributed by atoms with Crippen LogP contribution in [0.15, 0.2) is 0 Å². The fraction of sp³-hybridized carbons (Fsp3) is 0.952. The molecule has 136 valence electrons. The minimum absolute atomic E-state index is 0.0162. The number of fused-ring (bicyclic) bond motifs is 5. The molecule has 0 saturated heterocycles. The lowest BCUT2D eigenvalue weighted by Crippen LogP contribution is -2.54. The minimum Gasteiger partial charge on any atom is -0.387 e. The van der Waals surface area contributed by atoms with Gasteiger partial charge in [0.15, 0.2) is 0 Å². The Kier molecular flexibility index (Phi) is 4.32. The first-order valence-electron chi connectivity index (χ1n) is 10.2. The van der Waals surface area contributed by atoms with E-state index in [4.69, 9.17) is 4.74 Å². The molecule has 4 saturated carbocycles. The minimum atomic E-state index is -0.591. The summed E-state index contributed by atoms with van der Waals surface area (Å²) >= 11 is 0. The van der Waals surface area contributed by atoms with Gasteiger partial charge in [0, 0.05) is 18.9 Å². The lowest BCUT2D eigenvalue weighted by Gasteiger charge is -2.58. The molecular weight excluding hydrogens is 300 g/mol. The van der Waals surface area contributed by atoms with Crippen LogP contribution in [0.4, 0.5) is 0 Å². The van der Waals surface area contributed by atoms with E-state index in [1.165, 1.54) is 25.7 Å². The highest BCUT2D eigenvalue weighted by molar-refractivity contribution is 5.85. The highest BCUT2D eigenvalue weighted by Crippen LogP contribution is 2.61. The summed E-state index contributed by atoms with van der Waals surface area (Å²) in [7, 11) is 1.70. The van der Waals surface area contributed by atoms with Gasteiger partial charge in [0.05, 0.1) is 12.2 Å². The van der Waals surface area contributed by atoms with Crippen LogP contribution in [0.3, 0.4) is 0 Å². The van der Waals surface area contributed by atoms with E-state index < -0.39 is 5.60 Å². The van der Waals surface area contributed by atoms with E-state index in [0.717, 1.165) is 56.3 Å². The maximum Gasteiger partial charge on any atom is 0.139 e. The van der Waals surface area contributed by atoms with Gasteiger partial charge in [0.1, 0.15) is 5.78 Å². The zero-order valence-electron chi connectivity index (χ0n) is 15.4. The molecule has 0 aliphatic heterocycles. The first-order chi connectivity index (χ1) is 11.5. The smallest absolute Gasteiger partial charge is 0.139 e. The molecule has 4 fully saturated rings. The van der Waals surface area contributed by atoms with Crippen molar-refractivity contribution in [3.63, 3.8) is 0 Å². The third-order valence-electron chi connectivity index (χ3n) is 8.46. The van der Waals surface area contributed by atoms with Crippen molar-refractivity contribution in [2.75, 3.05) is 13.7 Å². The molecule has 0 spiro atoms. The molecule has 1 N–H and O–H groups in total. The van der Waals surface area contributed by atoms with E-state index in [1.54, 1.807) is 7.11 Å². The van der Waals surface area contributed by atoms with Gasteiger partial charge in [-0.2, -0.15) is 0 Å². The predicted molar refractivity (Wildman–Crippen MR) is 93.6 cm³/mol. The summed E-state index contributed by atoms with van der Waals surface area (Å²) in [4.78, 5) is 12.6. The Labute approximate surface area is 146 Å². The van der Waals surface area contributed by atoms with Crippen LogP contribution < -0.4 is 0 Å². The first-order valence-corrected chi connectivity index (χ1v) is 10.2. The van der Waals surface area contributed by atoms with Gasteiger partial charge >= 0.3 is 0 Å². The maximum absolute atomic E-state index is 12.6. The molecule has 0 aromatic heterocycles. The van der Waals surface area contributed by atoms with E-state index in [9.17, 15) is 9.90 Å². The Morgan fingerprint density at radius 2 is 1.88 bits per heavy atom. The second kappa shape index (κ2) is 6.09. The van der Waals surface area contributed by atoms with Gasteiger partial charge in [-0.1, -0.05) is 6.92 Å². The van der Waals surface area contributed by atoms with Crippen LogP contribution in [0.2, 0.25) is 0 Å². The Morgan fingerprint density at radius 3 is 2.67 bits per heavy atom. The highest BCUT2D eigenvalue weighted by Gasteiger charge is 2.56. The van der Waals surface area contributed by atoms with Crippen LogP contribution in [0.5, 0.6) is 0 Å². The average molecular weight is 335 g/mol. The summed E-state index contributed by atoms with van der Waals surface area (Å²) in [6.07, 6.45) is 11.1. The van der Waals surface area contributed by atoms with Gasteiger partial charge in [-0.3, -0.25) is 4.79 Å².